The number of pyridine rings is 1. The molecule has 0 saturated heterocycles. The highest BCUT2D eigenvalue weighted by Gasteiger charge is 2.15. The molecule has 1 aromatic carbocycles. The number of ether oxygens (including phenoxy) is 1. The van der Waals surface area contributed by atoms with E-state index in [1.165, 1.54) is 0 Å². The lowest BCUT2D eigenvalue weighted by atomic mass is 10.1. The molecule has 0 bridgehead atoms. The Morgan fingerprint density at radius 3 is 2.62 bits per heavy atom. The van der Waals surface area contributed by atoms with Crippen LogP contribution in [0.25, 0.3) is 5.65 Å². The molecular formula is C16H13ClN2O2. The van der Waals surface area contributed by atoms with E-state index in [1.807, 2.05) is 44.2 Å². The second kappa shape index (κ2) is 5.22. The molecule has 0 N–H and O–H groups in total. The first-order valence-corrected chi connectivity index (χ1v) is 6.85. The van der Waals surface area contributed by atoms with Crippen LogP contribution in [0.2, 0.25) is 5.02 Å². The first-order chi connectivity index (χ1) is 10.1. The average molecular weight is 301 g/mol. The third kappa shape index (κ3) is 2.38. The quantitative estimate of drug-likeness (QED) is 0.681. The molecule has 0 amide bonds. The Kier molecular flexibility index (Phi) is 3.39. The summed E-state index contributed by atoms with van der Waals surface area (Å²) >= 11 is 6.02. The van der Waals surface area contributed by atoms with Gasteiger partial charge in [0.1, 0.15) is 11.4 Å². The van der Waals surface area contributed by atoms with E-state index in [1.54, 1.807) is 10.6 Å². The summed E-state index contributed by atoms with van der Waals surface area (Å²) in [6, 6.07) is 9.16. The number of hydrogen-bond acceptors (Lipinski definition) is 3. The van der Waals surface area contributed by atoms with Gasteiger partial charge in [-0.15, -0.1) is 0 Å². The Morgan fingerprint density at radius 1 is 1.24 bits per heavy atom. The van der Waals surface area contributed by atoms with Gasteiger partial charge < -0.3 is 4.74 Å². The lowest BCUT2D eigenvalue weighted by molar-refractivity contribution is 0.111. The molecule has 2 heterocycles. The van der Waals surface area contributed by atoms with Crippen molar-refractivity contribution < 1.29 is 9.53 Å². The Labute approximate surface area is 126 Å². The monoisotopic (exact) mass is 300 g/mol. The van der Waals surface area contributed by atoms with Gasteiger partial charge in [-0.3, -0.25) is 9.20 Å². The van der Waals surface area contributed by atoms with Gasteiger partial charge in [-0.25, -0.2) is 0 Å². The number of fused-ring (bicyclic) bond motifs is 1. The smallest absolute Gasteiger partial charge is 0.249 e. The van der Waals surface area contributed by atoms with E-state index in [-0.39, 0.29) is 0 Å². The van der Waals surface area contributed by atoms with Gasteiger partial charge in [0.2, 0.25) is 5.88 Å². The minimum Gasteiger partial charge on any atom is -0.436 e. The lowest BCUT2D eigenvalue weighted by Gasteiger charge is -2.10. The predicted molar refractivity (Wildman–Crippen MR) is 81.6 cm³/mol. The van der Waals surface area contributed by atoms with Gasteiger partial charge in [-0.05, 0) is 49.2 Å². The summed E-state index contributed by atoms with van der Waals surface area (Å²) in [6.45, 7) is 3.81. The molecule has 0 aliphatic rings. The van der Waals surface area contributed by atoms with Crippen molar-refractivity contribution in [3.05, 3.63) is 58.4 Å². The Morgan fingerprint density at radius 2 is 1.95 bits per heavy atom. The van der Waals surface area contributed by atoms with Crippen LogP contribution in [0.1, 0.15) is 21.6 Å². The van der Waals surface area contributed by atoms with E-state index in [9.17, 15) is 4.79 Å². The molecule has 0 saturated carbocycles. The van der Waals surface area contributed by atoms with Crippen LogP contribution in [-0.4, -0.2) is 15.7 Å². The minimum absolute atomic E-state index is 0.296. The maximum absolute atomic E-state index is 11.4. The number of imidazole rings is 1. The highest BCUT2D eigenvalue weighted by Crippen LogP contribution is 2.32. The summed E-state index contributed by atoms with van der Waals surface area (Å²) in [5.41, 5.74) is 2.85. The second-order valence-electron chi connectivity index (χ2n) is 4.82. The topological polar surface area (TPSA) is 43.6 Å². The molecule has 4 nitrogen and oxygen atoms in total. The largest absolute Gasteiger partial charge is 0.436 e. The van der Waals surface area contributed by atoms with E-state index in [2.05, 4.69) is 4.98 Å². The number of nitrogens with zero attached hydrogens (tertiary/aromatic N) is 2. The molecule has 3 aromatic rings. The van der Waals surface area contributed by atoms with Crippen molar-refractivity contribution in [2.75, 3.05) is 0 Å². The third-order valence-electron chi connectivity index (χ3n) is 3.27. The number of halogens is 1. The zero-order valence-electron chi connectivity index (χ0n) is 11.6. The molecule has 21 heavy (non-hydrogen) atoms. The number of rotatable bonds is 3. The standard InChI is InChI=1S/C16H13ClN2O2/c1-10-7-12(17)8-11(2)15(10)21-16-13(9-20)19-6-4-3-5-14(19)18-16/h3-9H,1-2H3. The van der Waals surface area contributed by atoms with E-state index in [4.69, 9.17) is 16.3 Å². The van der Waals surface area contributed by atoms with Crippen LogP contribution < -0.4 is 4.74 Å². The fourth-order valence-corrected chi connectivity index (χ4v) is 2.66. The van der Waals surface area contributed by atoms with E-state index in [0.717, 1.165) is 17.4 Å². The predicted octanol–water partition coefficient (Wildman–Crippen LogP) is 4.21. The zero-order chi connectivity index (χ0) is 15.0. The van der Waals surface area contributed by atoms with Crippen molar-refractivity contribution in [3.8, 4) is 11.6 Å². The fourth-order valence-electron chi connectivity index (χ4n) is 2.33. The third-order valence-corrected chi connectivity index (χ3v) is 3.49. The van der Waals surface area contributed by atoms with Crippen molar-refractivity contribution in [2.24, 2.45) is 0 Å². The highest BCUT2D eigenvalue weighted by atomic mass is 35.5. The van der Waals surface area contributed by atoms with Crippen LogP contribution >= 0.6 is 11.6 Å². The minimum atomic E-state index is 0.296. The number of carbonyl (C=O) groups is 1. The molecule has 106 valence electrons. The van der Waals surface area contributed by atoms with Gasteiger partial charge in [0.25, 0.3) is 0 Å². The van der Waals surface area contributed by atoms with E-state index in [0.29, 0.717) is 28.0 Å². The number of aldehydes is 1. The van der Waals surface area contributed by atoms with Crippen molar-refractivity contribution in [1.82, 2.24) is 9.38 Å². The molecule has 0 spiro atoms. The summed E-state index contributed by atoms with van der Waals surface area (Å²) in [5.74, 6) is 0.968. The number of carbonyl (C=O) groups excluding carboxylic acids is 1. The highest BCUT2D eigenvalue weighted by molar-refractivity contribution is 6.30. The van der Waals surface area contributed by atoms with Crippen molar-refractivity contribution >= 4 is 23.5 Å². The van der Waals surface area contributed by atoms with Gasteiger partial charge in [0.15, 0.2) is 12.0 Å². The molecule has 5 heteroatoms. The van der Waals surface area contributed by atoms with Crippen LogP contribution in [-0.2, 0) is 0 Å². The molecule has 3 rings (SSSR count). The molecule has 2 aromatic heterocycles. The van der Waals surface area contributed by atoms with Crippen LogP contribution in [0.3, 0.4) is 0 Å². The summed E-state index contributed by atoms with van der Waals surface area (Å²) in [4.78, 5) is 15.7. The fraction of sp³-hybridized carbons (Fsp3) is 0.125. The summed E-state index contributed by atoms with van der Waals surface area (Å²) in [6.07, 6.45) is 2.52. The molecule has 0 fully saturated rings. The van der Waals surface area contributed by atoms with Gasteiger partial charge >= 0.3 is 0 Å². The van der Waals surface area contributed by atoms with Crippen molar-refractivity contribution in [1.29, 1.82) is 0 Å². The van der Waals surface area contributed by atoms with Crippen LogP contribution in [0.15, 0.2) is 36.5 Å². The van der Waals surface area contributed by atoms with Gasteiger partial charge in [0, 0.05) is 11.2 Å². The maximum atomic E-state index is 11.4. The number of benzene rings is 1. The second-order valence-corrected chi connectivity index (χ2v) is 5.26. The molecular weight excluding hydrogens is 288 g/mol. The van der Waals surface area contributed by atoms with Crippen molar-refractivity contribution in [2.45, 2.75) is 13.8 Å². The van der Waals surface area contributed by atoms with Gasteiger partial charge in [0.05, 0.1) is 0 Å². The SMILES string of the molecule is Cc1cc(Cl)cc(C)c1Oc1nc2ccccn2c1C=O. The number of aryl methyl sites for hydroxylation is 2. The normalized spacial score (nSPS) is 10.8. The van der Waals surface area contributed by atoms with Gasteiger partial charge in [-0.2, -0.15) is 4.98 Å². The summed E-state index contributed by atoms with van der Waals surface area (Å²) in [7, 11) is 0. The Balaban J connectivity index is 2.12. The van der Waals surface area contributed by atoms with Crippen LogP contribution in [0.4, 0.5) is 0 Å². The molecule has 0 aliphatic heterocycles. The molecule has 0 radical (unpaired) electrons. The van der Waals surface area contributed by atoms with Gasteiger partial charge in [-0.1, -0.05) is 17.7 Å². The maximum Gasteiger partial charge on any atom is 0.249 e. The van der Waals surface area contributed by atoms with Crippen molar-refractivity contribution in [3.63, 3.8) is 0 Å². The van der Waals surface area contributed by atoms with E-state index < -0.39 is 0 Å². The summed E-state index contributed by atoms with van der Waals surface area (Å²) < 4.78 is 7.58. The van der Waals surface area contributed by atoms with Crippen LogP contribution in [0.5, 0.6) is 11.6 Å². The van der Waals surface area contributed by atoms with Crippen LogP contribution in [0, 0.1) is 13.8 Å². The van der Waals surface area contributed by atoms with E-state index >= 15 is 0 Å². The zero-order valence-corrected chi connectivity index (χ0v) is 12.4. The number of aromatic nitrogens is 2. The first kappa shape index (κ1) is 13.6. The lowest BCUT2D eigenvalue weighted by Crippen LogP contribution is -1.96. The number of hydrogen-bond donors (Lipinski definition) is 0. The first-order valence-electron chi connectivity index (χ1n) is 6.47. The molecule has 0 unspecified atom stereocenters. The molecule has 0 atom stereocenters. The molecule has 0 aliphatic carbocycles. The Hall–Kier alpha value is -2.33. The Bertz CT molecular complexity index is 816. The average Bonchev–Trinajstić information content (AvgIpc) is 2.80. The summed E-state index contributed by atoms with van der Waals surface area (Å²) in [5, 5.41) is 0.656.